The lowest BCUT2D eigenvalue weighted by Crippen LogP contribution is -2.37. The van der Waals surface area contributed by atoms with E-state index in [9.17, 15) is 10.1 Å². The summed E-state index contributed by atoms with van der Waals surface area (Å²) < 4.78 is 53.9. The van der Waals surface area contributed by atoms with Crippen LogP contribution in [0.4, 0.5) is 24.4 Å². The van der Waals surface area contributed by atoms with Gasteiger partial charge in [0.15, 0.2) is 11.6 Å². The Bertz CT molecular complexity index is 1790. The summed E-state index contributed by atoms with van der Waals surface area (Å²) in [6.07, 6.45) is 0.157. The highest BCUT2D eigenvalue weighted by molar-refractivity contribution is 7.23. The number of nitrogens with zero attached hydrogens (tertiary/aromatic N) is 5. The van der Waals surface area contributed by atoms with E-state index in [4.69, 9.17) is 18.9 Å². The number of anilines is 2. The third-order valence-corrected chi connectivity index (χ3v) is 8.00. The Morgan fingerprint density at radius 2 is 1.88 bits per heavy atom. The first-order chi connectivity index (χ1) is 20.1. The first kappa shape index (κ1) is 28.0. The van der Waals surface area contributed by atoms with Gasteiger partial charge in [0.1, 0.15) is 28.0 Å². The van der Waals surface area contributed by atoms with E-state index in [2.05, 4.69) is 20.3 Å². The van der Waals surface area contributed by atoms with Crippen molar-refractivity contribution in [1.82, 2.24) is 15.0 Å². The molecule has 0 spiro atoms. The van der Waals surface area contributed by atoms with Crippen molar-refractivity contribution in [2.24, 2.45) is 0 Å². The van der Waals surface area contributed by atoms with Gasteiger partial charge in [-0.3, -0.25) is 10.3 Å². The number of morpholine rings is 1. The molecule has 1 aromatic carbocycles. The average molecular weight is 597 g/mol. The number of carbonyl (C=O) groups excluding carboxylic acids is 1. The molecule has 2 aliphatic rings. The fraction of sp³-hybridized carbons (Fsp3) is 0.393. The van der Waals surface area contributed by atoms with Gasteiger partial charge in [-0.25, -0.2) is 13.6 Å². The van der Waals surface area contributed by atoms with Crippen LogP contribution in [0.3, 0.4) is 0 Å². The lowest BCUT2D eigenvalue weighted by Gasteiger charge is -2.29. The summed E-state index contributed by atoms with van der Waals surface area (Å²) in [7, 11) is 1.40. The molecule has 218 valence electrons. The number of nitrogens with one attached hydrogen (secondary N) is 1. The Morgan fingerprint density at radius 1 is 1.14 bits per heavy atom. The van der Waals surface area contributed by atoms with Crippen molar-refractivity contribution in [2.75, 3.05) is 43.6 Å². The zero-order valence-electron chi connectivity index (χ0n) is 23.3. The van der Waals surface area contributed by atoms with Gasteiger partial charge in [0.25, 0.3) is 0 Å². The molecule has 14 heteroatoms. The molecule has 1 saturated heterocycles. The number of amides is 1. The molecule has 0 atom stereocenters. The van der Waals surface area contributed by atoms with Crippen LogP contribution in [0.15, 0.2) is 6.20 Å². The van der Waals surface area contributed by atoms with Gasteiger partial charge in [0, 0.05) is 24.0 Å². The Kier molecular flexibility index (Phi) is 7.04. The summed E-state index contributed by atoms with van der Waals surface area (Å²) in [5, 5.41) is 13.3. The second kappa shape index (κ2) is 10.6. The highest BCUT2D eigenvalue weighted by Crippen LogP contribution is 2.47. The van der Waals surface area contributed by atoms with E-state index in [1.165, 1.54) is 7.11 Å². The molecule has 42 heavy (non-hydrogen) atoms. The smallest absolute Gasteiger partial charge is 0.412 e. The largest absolute Gasteiger partial charge is 0.467 e. The number of nitriles is 1. The Labute approximate surface area is 243 Å². The lowest BCUT2D eigenvalue weighted by molar-refractivity contribution is 0.0636. The monoisotopic (exact) mass is 596 g/mol. The van der Waals surface area contributed by atoms with Crippen LogP contribution in [0.5, 0.6) is 6.01 Å². The van der Waals surface area contributed by atoms with Gasteiger partial charge in [-0.05, 0) is 31.9 Å². The second-order valence-corrected chi connectivity index (χ2v) is 11.7. The molecule has 5 heterocycles. The van der Waals surface area contributed by atoms with Gasteiger partial charge in [0.05, 0.1) is 61.1 Å². The predicted molar refractivity (Wildman–Crippen MR) is 151 cm³/mol. The first-order valence-electron chi connectivity index (χ1n) is 13.1. The van der Waals surface area contributed by atoms with E-state index in [1.807, 2.05) is 11.0 Å². The Balaban J connectivity index is 1.61. The average Bonchev–Trinajstić information content (AvgIpc) is 3.58. The number of hydrogen-bond donors (Lipinski definition) is 1. The summed E-state index contributed by atoms with van der Waals surface area (Å²) in [4.78, 5) is 27.7. The molecule has 0 radical (unpaired) electrons. The van der Waals surface area contributed by atoms with E-state index in [1.54, 1.807) is 20.8 Å². The van der Waals surface area contributed by atoms with E-state index in [-0.39, 0.29) is 56.6 Å². The minimum atomic E-state index is -0.814. The molecular formula is C28H26F2N6O5S. The quantitative estimate of drug-likeness (QED) is 0.332. The van der Waals surface area contributed by atoms with Gasteiger partial charge in [-0.2, -0.15) is 15.2 Å². The minimum Gasteiger partial charge on any atom is -0.467 e. The number of fused-ring (bicyclic) bond motifs is 4. The molecular weight excluding hydrogens is 570 g/mol. The third kappa shape index (κ3) is 4.73. The van der Waals surface area contributed by atoms with E-state index in [0.717, 1.165) is 17.5 Å². The number of thiophene rings is 1. The number of ether oxygens (including phenoxy) is 4. The number of pyridine rings is 1. The van der Waals surface area contributed by atoms with E-state index < -0.39 is 23.3 Å². The van der Waals surface area contributed by atoms with Crippen LogP contribution in [0, 0.1) is 23.0 Å². The summed E-state index contributed by atoms with van der Waals surface area (Å²) in [6, 6.07) is 2.01. The summed E-state index contributed by atoms with van der Waals surface area (Å²) >= 11 is 0.841. The third-order valence-electron chi connectivity index (χ3n) is 6.88. The molecule has 11 nitrogen and oxygen atoms in total. The van der Waals surface area contributed by atoms with Crippen LogP contribution in [-0.2, 0) is 27.4 Å². The number of carbonyl (C=O) groups is 1. The van der Waals surface area contributed by atoms with Gasteiger partial charge in [-0.15, -0.1) is 11.3 Å². The maximum atomic E-state index is 16.8. The zero-order chi connectivity index (χ0) is 29.8. The first-order valence-corrected chi connectivity index (χ1v) is 13.9. The molecule has 3 aromatic heterocycles. The van der Waals surface area contributed by atoms with Gasteiger partial charge < -0.3 is 23.8 Å². The topological polar surface area (TPSA) is 132 Å². The van der Waals surface area contributed by atoms with Crippen LogP contribution in [0.1, 0.15) is 37.5 Å². The number of aromatic nitrogens is 3. The van der Waals surface area contributed by atoms with Crippen LogP contribution in [0.25, 0.3) is 32.2 Å². The standard InChI is InChI=1S/C28H26F2N6O5S/c1-28(2,3)41-27(37)35-25-13(9-31)18-21(32-10-16(29)23(18)42-25)17-14-11-40-12-15(14)19-22(20(17)30)33-26(38-4)34-24(19)36-5-7-39-8-6-36/h10H,5-8,11-12H2,1-4H3,(H,35,37). The molecule has 0 aliphatic carbocycles. The van der Waals surface area contributed by atoms with Gasteiger partial charge in [0.2, 0.25) is 0 Å². The number of methoxy groups -OCH3 is 1. The van der Waals surface area contributed by atoms with Crippen LogP contribution >= 0.6 is 11.3 Å². The molecule has 1 N–H and O–H groups in total. The minimum absolute atomic E-state index is 0.0114. The molecule has 0 unspecified atom stereocenters. The molecule has 6 rings (SSSR count). The number of rotatable bonds is 4. The van der Waals surface area contributed by atoms with Crippen LogP contribution < -0.4 is 15.0 Å². The maximum Gasteiger partial charge on any atom is 0.412 e. The summed E-state index contributed by atoms with van der Waals surface area (Å²) in [6.45, 7) is 7.36. The Hall–Kier alpha value is -4.19. The van der Waals surface area contributed by atoms with Crippen molar-refractivity contribution in [1.29, 1.82) is 5.26 Å². The van der Waals surface area contributed by atoms with Crippen LogP contribution in [-0.4, -0.2) is 60.1 Å². The van der Waals surface area contributed by atoms with Crippen molar-refractivity contribution in [3.63, 3.8) is 0 Å². The second-order valence-electron chi connectivity index (χ2n) is 10.7. The summed E-state index contributed by atoms with van der Waals surface area (Å²) in [5.41, 5.74) is 0.358. The highest BCUT2D eigenvalue weighted by atomic mass is 32.1. The predicted octanol–water partition coefficient (Wildman–Crippen LogP) is 5.28. The van der Waals surface area contributed by atoms with Gasteiger partial charge >= 0.3 is 12.1 Å². The molecule has 2 aliphatic heterocycles. The normalized spacial score (nSPS) is 15.1. The van der Waals surface area contributed by atoms with E-state index in [0.29, 0.717) is 48.6 Å². The SMILES string of the molecule is COc1nc(N2CCOCC2)c2c3c(c(-c4ncc(F)c5sc(NC(=O)OC(C)(C)C)c(C#N)c45)c(F)c2n1)COC3. The van der Waals surface area contributed by atoms with Crippen molar-refractivity contribution in [3.8, 4) is 23.3 Å². The lowest BCUT2D eigenvalue weighted by atomic mass is 9.93. The fourth-order valence-electron chi connectivity index (χ4n) is 5.18. The maximum absolute atomic E-state index is 16.8. The molecule has 0 bridgehead atoms. The Morgan fingerprint density at radius 3 is 2.57 bits per heavy atom. The van der Waals surface area contributed by atoms with Crippen LogP contribution in [0.2, 0.25) is 0 Å². The van der Waals surface area contributed by atoms with Crippen molar-refractivity contribution in [3.05, 3.63) is 34.5 Å². The highest BCUT2D eigenvalue weighted by Gasteiger charge is 2.33. The van der Waals surface area contributed by atoms with Gasteiger partial charge in [-0.1, -0.05) is 0 Å². The van der Waals surface area contributed by atoms with Crippen molar-refractivity contribution in [2.45, 2.75) is 39.6 Å². The molecule has 1 amide bonds. The number of halogens is 2. The number of hydrogen-bond acceptors (Lipinski definition) is 11. The fourth-order valence-corrected chi connectivity index (χ4v) is 6.22. The zero-order valence-corrected chi connectivity index (χ0v) is 24.1. The van der Waals surface area contributed by atoms with E-state index >= 15 is 8.78 Å². The molecule has 1 fully saturated rings. The van der Waals surface area contributed by atoms with Crippen molar-refractivity contribution < 1.29 is 32.5 Å². The summed E-state index contributed by atoms with van der Waals surface area (Å²) in [5.74, 6) is -0.955. The molecule has 4 aromatic rings. The molecule has 0 saturated carbocycles. The van der Waals surface area contributed by atoms with Crippen molar-refractivity contribution >= 4 is 49.2 Å². The number of benzene rings is 1.